The maximum atomic E-state index is 12.4. The standard InChI is InChI=1S/C19H26N4O4S/c1-10-7-11(2)21-17-14(10)15(20)16(28-17)18(26)27-9-13(25)23(6)8-12(24)22-19(3,4)5/h7H,8-9,20H2,1-6H3,(H,22,24). The van der Waals surface area contributed by atoms with E-state index in [9.17, 15) is 14.4 Å². The number of aromatic nitrogens is 1. The number of likely N-dealkylation sites (N-methyl/N-ethyl adjacent to an activating group) is 1. The second-order valence-electron chi connectivity index (χ2n) is 7.73. The Morgan fingerprint density at radius 2 is 1.93 bits per heavy atom. The summed E-state index contributed by atoms with van der Waals surface area (Å²) < 4.78 is 5.11. The highest BCUT2D eigenvalue weighted by Gasteiger charge is 2.23. The first-order valence-corrected chi connectivity index (χ1v) is 9.59. The number of rotatable bonds is 5. The summed E-state index contributed by atoms with van der Waals surface area (Å²) in [6, 6.07) is 1.89. The number of carbonyl (C=O) groups excluding carboxylic acids is 3. The summed E-state index contributed by atoms with van der Waals surface area (Å²) in [5.41, 5.74) is 7.77. The van der Waals surface area contributed by atoms with Crippen molar-refractivity contribution < 1.29 is 19.1 Å². The first-order valence-electron chi connectivity index (χ1n) is 8.77. The molecule has 28 heavy (non-hydrogen) atoms. The predicted octanol–water partition coefficient (Wildman–Crippen LogP) is 2.03. The van der Waals surface area contributed by atoms with Gasteiger partial charge in [-0.25, -0.2) is 9.78 Å². The minimum atomic E-state index is -0.682. The number of pyridine rings is 1. The third-order valence-electron chi connectivity index (χ3n) is 3.86. The quantitative estimate of drug-likeness (QED) is 0.734. The van der Waals surface area contributed by atoms with Crippen LogP contribution in [0.15, 0.2) is 6.07 Å². The van der Waals surface area contributed by atoms with E-state index in [-0.39, 0.29) is 17.3 Å². The maximum absolute atomic E-state index is 12.4. The lowest BCUT2D eigenvalue weighted by Crippen LogP contribution is -2.46. The zero-order valence-corrected chi connectivity index (χ0v) is 17.8. The molecule has 2 rings (SSSR count). The van der Waals surface area contributed by atoms with Crippen LogP contribution in [-0.4, -0.2) is 53.4 Å². The van der Waals surface area contributed by atoms with Crippen molar-refractivity contribution in [1.82, 2.24) is 15.2 Å². The number of nitrogen functional groups attached to an aromatic ring is 1. The Bertz CT molecular complexity index is 930. The van der Waals surface area contributed by atoms with Gasteiger partial charge in [-0.1, -0.05) is 0 Å². The highest BCUT2D eigenvalue weighted by atomic mass is 32.1. The second-order valence-corrected chi connectivity index (χ2v) is 8.73. The largest absolute Gasteiger partial charge is 0.451 e. The van der Waals surface area contributed by atoms with Gasteiger partial charge < -0.3 is 20.7 Å². The van der Waals surface area contributed by atoms with Crippen LogP contribution in [-0.2, 0) is 14.3 Å². The van der Waals surface area contributed by atoms with E-state index in [0.29, 0.717) is 10.5 Å². The van der Waals surface area contributed by atoms with E-state index in [2.05, 4.69) is 10.3 Å². The van der Waals surface area contributed by atoms with Gasteiger partial charge in [0.2, 0.25) is 5.91 Å². The molecule has 0 spiro atoms. The number of ether oxygens (including phenoxy) is 1. The van der Waals surface area contributed by atoms with Crippen LogP contribution < -0.4 is 11.1 Å². The third-order valence-corrected chi connectivity index (χ3v) is 4.94. The molecule has 0 aliphatic carbocycles. The highest BCUT2D eigenvalue weighted by Crippen LogP contribution is 2.35. The number of fused-ring (bicyclic) bond motifs is 1. The van der Waals surface area contributed by atoms with Crippen molar-refractivity contribution in [3.8, 4) is 0 Å². The average molecular weight is 407 g/mol. The van der Waals surface area contributed by atoms with Crippen molar-refractivity contribution in [2.75, 3.05) is 25.9 Å². The number of nitrogens with two attached hydrogens (primary N) is 1. The molecule has 2 aromatic heterocycles. The molecule has 0 atom stereocenters. The number of carbonyl (C=O) groups is 3. The molecule has 2 amide bonds. The number of amides is 2. The lowest BCUT2D eigenvalue weighted by Gasteiger charge is -2.23. The molecule has 2 heterocycles. The van der Waals surface area contributed by atoms with Crippen molar-refractivity contribution >= 4 is 45.0 Å². The van der Waals surface area contributed by atoms with Crippen LogP contribution in [0, 0.1) is 13.8 Å². The van der Waals surface area contributed by atoms with Crippen LogP contribution in [0.1, 0.15) is 41.7 Å². The number of nitrogens with one attached hydrogen (secondary N) is 1. The third kappa shape index (κ3) is 5.19. The van der Waals surface area contributed by atoms with E-state index in [1.165, 1.54) is 11.9 Å². The van der Waals surface area contributed by atoms with Crippen molar-refractivity contribution in [3.63, 3.8) is 0 Å². The molecule has 152 valence electrons. The topological polar surface area (TPSA) is 115 Å². The minimum Gasteiger partial charge on any atom is -0.451 e. The monoisotopic (exact) mass is 406 g/mol. The number of aryl methyl sites for hydroxylation is 2. The normalized spacial score (nSPS) is 11.4. The van der Waals surface area contributed by atoms with Crippen LogP contribution >= 0.6 is 11.3 Å². The predicted molar refractivity (Wildman–Crippen MR) is 109 cm³/mol. The summed E-state index contributed by atoms with van der Waals surface area (Å²) in [7, 11) is 1.47. The van der Waals surface area contributed by atoms with Crippen molar-refractivity contribution in [2.45, 2.75) is 40.2 Å². The Labute approximate surface area is 168 Å². The molecule has 0 bridgehead atoms. The van der Waals surface area contributed by atoms with Crippen molar-refractivity contribution in [3.05, 3.63) is 22.2 Å². The van der Waals surface area contributed by atoms with Crippen LogP contribution in [0.3, 0.4) is 0 Å². The fourth-order valence-corrected chi connectivity index (χ4v) is 3.80. The first kappa shape index (κ1) is 21.6. The molecule has 8 nitrogen and oxygen atoms in total. The lowest BCUT2D eigenvalue weighted by molar-refractivity contribution is -0.137. The molecule has 0 aliphatic rings. The van der Waals surface area contributed by atoms with Crippen LogP contribution in [0.2, 0.25) is 0 Å². The van der Waals surface area contributed by atoms with E-state index >= 15 is 0 Å². The van der Waals surface area contributed by atoms with E-state index < -0.39 is 24.0 Å². The fourth-order valence-electron chi connectivity index (χ4n) is 2.69. The number of esters is 1. The molecule has 0 unspecified atom stereocenters. The Balaban J connectivity index is 2.01. The molecule has 9 heteroatoms. The van der Waals surface area contributed by atoms with Crippen LogP contribution in [0.4, 0.5) is 5.69 Å². The van der Waals surface area contributed by atoms with E-state index in [1.54, 1.807) is 0 Å². The van der Waals surface area contributed by atoms with Gasteiger partial charge in [0, 0.05) is 23.7 Å². The van der Waals surface area contributed by atoms with Crippen LogP contribution in [0.5, 0.6) is 0 Å². The maximum Gasteiger partial charge on any atom is 0.351 e. The summed E-state index contributed by atoms with van der Waals surface area (Å²) >= 11 is 1.14. The molecule has 0 saturated heterocycles. The van der Waals surface area contributed by atoms with Gasteiger partial charge in [0.25, 0.3) is 5.91 Å². The molecular formula is C19H26N4O4S. The smallest absolute Gasteiger partial charge is 0.351 e. The Morgan fingerprint density at radius 3 is 2.54 bits per heavy atom. The Hall–Kier alpha value is -2.68. The molecular weight excluding hydrogens is 380 g/mol. The summed E-state index contributed by atoms with van der Waals surface area (Å²) in [4.78, 5) is 42.9. The van der Waals surface area contributed by atoms with Gasteiger partial charge >= 0.3 is 5.97 Å². The average Bonchev–Trinajstić information content (AvgIpc) is 2.87. The molecule has 0 fully saturated rings. The lowest BCUT2D eigenvalue weighted by atomic mass is 10.1. The van der Waals surface area contributed by atoms with Gasteiger partial charge in [-0.15, -0.1) is 11.3 Å². The summed E-state index contributed by atoms with van der Waals surface area (Å²) in [5, 5.41) is 3.49. The zero-order chi connectivity index (χ0) is 21.2. The van der Waals surface area contributed by atoms with Gasteiger partial charge in [0.1, 0.15) is 9.71 Å². The SMILES string of the molecule is Cc1cc(C)c2c(N)c(C(=O)OCC(=O)N(C)CC(=O)NC(C)(C)C)sc2n1. The second kappa shape index (κ2) is 8.14. The molecule has 0 aliphatic heterocycles. The first-order chi connectivity index (χ1) is 12.9. The Kier molecular flexibility index (Phi) is 6.28. The number of thiophene rings is 1. The fraction of sp³-hybridized carbons (Fsp3) is 0.474. The van der Waals surface area contributed by atoms with E-state index in [0.717, 1.165) is 28.0 Å². The van der Waals surface area contributed by atoms with Crippen LogP contribution in [0.25, 0.3) is 10.2 Å². The van der Waals surface area contributed by atoms with Gasteiger partial charge in [0.15, 0.2) is 6.61 Å². The number of anilines is 1. The molecule has 0 aromatic carbocycles. The van der Waals surface area contributed by atoms with Crippen molar-refractivity contribution in [2.24, 2.45) is 0 Å². The van der Waals surface area contributed by atoms with E-state index in [1.807, 2.05) is 40.7 Å². The van der Waals surface area contributed by atoms with Gasteiger partial charge in [0.05, 0.1) is 12.2 Å². The minimum absolute atomic E-state index is 0.124. The highest BCUT2D eigenvalue weighted by molar-refractivity contribution is 7.21. The molecule has 0 radical (unpaired) electrons. The summed E-state index contributed by atoms with van der Waals surface area (Å²) in [6.45, 7) is 8.71. The summed E-state index contributed by atoms with van der Waals surface area (Å²) in [5.74, 6) is -1.46. The van der Waals surface area contributed by atoms with Gasteiger partial charge in [-0.3, -0.25) is 9.59 Å². The zero-order valence-electron chi connectivity index (χ0n) is 17.0. The van der Waals surface area contributed by atoms with E-state index in [4.69, 9.17) is 10.5 Å². The Morgan fingerprint density at radius 1 is 1.29 bits per heavy atom. The number of nitrogens with zero attached hydrogens (tertiary/aromatic N) is 2. The summed E-state index contributed by atoms with van der Waals surface area (Å²) in [6.07, 6.45) is 0. The van der Waals surface area contributed by atoms with Crippen molar-refractivity contribution in [1.29, 1.82) is 0 Å². The number of hydrogen-bond acceptors (Lipinski definition) is 7. The van der Waals surface area contributed by atoms with Gasteiger partial charge in [-0.2, -0.15) is 0 Å². The number of hydrogen-bond donors (Lipinski definition) is 2. The molecule has 3 N–H and O–H groups in total. The molecule has 0 saturated carbocycles. The molecule has 2 aromatic rings. The van der Waals surface area contributed by atoms with Gasteiger partial charge in [-0.05, 0) is 46.2 Å².